The van der Waals surface area contributed by atoms with Gasteiger partial charge in [0, 0.05) is 0 Å². The minimum atomic E-state index is -0.386. The first kappa shape index (κ1) is 17.5. The second kappa shape index (κ2) is 5.70. The largest absolute Gasteiger partial charge is 0.481 e. The molecule has 21 heavy (non-hydrogen) atoms. The summed E-state index contributed by atoms with van der Waals surface area (Å²) in [7, 11) is 0. The Balaban J connectivity index is 3.14. The summed E-state index contributed by atoms with van der Waals surface area (Å²) in [5.74, 6) is 0.908. The Bertz CT molecular complexity index is 480. The molecule has 0 saturated heterocycles. The monoisotopic (exact) mass is 296 g/mol. The van der Waals surface area contributed by atoms with Crippen molar-refractivity contribution < 1.29 is 14.2 Å². The van der Waals surface area contributed by atoms with Crippen LogP contribution in [-0.4, -0.2) is 26.8 Å². The SMILES string of the molecule is CC(C)(C)Oc1ncc(OC(C)(C)C)c(OC(C)(C)C)n1. The van der Waals surface area contributed by atoms with Gasteiger partial charge in [0.2, 0.25) is 5.75 Å². The highest BCUT2D eigenvalue weighted by Gasteiger charge is 2.23. The molecule has 0 spiro atoms. The summed E-state index contributed by atoms with van der Waals surface area (Å²) in [6.45, 7) is 17.6. The van der Waals surface area contributed by atoms with E-state index in [-0.39, 0.29) is 22.8 Å². The zero-order valence-corrected chi connectivity index (χ0v) is 14.7. The first-order valence-electron chi connectivity index (χ1n) is 7.19. The summed E-state index contributed by atoms with van der Waals surface area (Å²) in [6, 6.07) is 0.281. The van der Waals surface area contributed by atoms with E-state index in [0.717, 1.165) is 0 Å². The van der Waals surface area contributed by atoms with Gasteiger partial charge in [-0.1, -0.05) is 0 Å². The zero-order valence-electron chi connectivity index (χ0n) is 14.7. The van der Waals surface area contributed by atoms with Crippen LogP contribution in [0.15, 0.2) is 6.20 Å². The fraction of sp³-hybridized carbons (Fsp3) is 0.750. The summed E-state index contributed by atoms with van der Waals surface area (Å²) in [4.78, 5) is 8.55. The number of hydrogen-bond donors (Lipinski definition) is 0. The van der Waals surface area contributed by atoms with E-state index < -0.39 is 0 Å². The predicted molar refractivity (Wildman–Crippen MR) is 83.2 cm³/mol. The number of hydrogen-bond acceptors (Lipinski definition) is 5. The van der Waals surface area contributed by atoms with Crippen LogP contribution in [0.25, 0.3) is 0 Å². The van der Waals surface area contributed by atoms with E-state index >= 15 is 0 Å². The quantitative estimate of drug-likeness (QED) is 0.843. The Kier molecular flexibility index (Phi) is 4.76. The fourth-order valence-electron chi connectivity index (χ4n) is 1.43. The first-order chi connectivity index (χ1) is 9.25. The molecule has 0 N–H and O–H groups in total. The Hall–Kier alpha value is -1.52. The van der Waals surface area contributed by atoms with Crippen molar-refractivity contribution in [2.45, 2.75) is 79.1 Å². The summed E-state index contributed by atoms with van der Waals surface area (Å²) >= 11 is 0. The highest BCUT2D eigenvalue weighted by atomic mass is 16.6. The smallest absolute Gasteiger partial charge is 0.320 e. The highest BCUT2D eigenvalue weighted by molar-refractivity contribution is 5.33. The average Bonchev–Trinajstić information content (AvgIpc) is 2.15. The molecular formula is C16H28N2O3. The lowest BCUT2D eigenvalue weighted by molar-refractivity contribution is 0.0812. The van der Waals surface area contributed by atoms with Crippen molar-refractivity contribution in [1.29, 1.82) is 0 Å². The number of ether oxygens (including phenoxy) is 3. The molecule has 1 rings (SSSR count). The molecular weight excluding hydrogens is 268 g/mol. The van der Waals surface area contributed by atoms with Crippen LogP contribution in [-0.2, 0) is 0 Å². The maximum atomic E-state index is 5.88. The topological polar surface area (TPSA) is 53.5 Å². The van der Waals surface area contributed by atoms with Gasteiger partial charge in [0.1, 0.15) is 16.8 Å². The van der Waals surface area contributed by atoms with Crippen LogP contribution in [0.3, 0.4) is 0 Å². The third kappa shape index (κ3) is 7.16. The molecule has 0 radical (unpaired) electrons. The van der Waals surface area contributed by atoms with E-state index in [0.29, 0.717) is 11.6 Å². The lowest BCUT2D eigenvalue weighted by Gasteiger charge is -2.27. The molecule has 5 nitrogen and oxygen atoms in total. The molecule has 0 bridgehead atoms. The van der Waals surface area contributed by atoms with E-state index in [1.54, 1.807) is 6.20 Å². The molecule has 0 amide bonds. The van der Waals surface area contributed by atoms with Crippen LogP contribution >= 0.6 is 0 Å². The molecule has 1 aromatic heterocycles. The average molecular weight is 296 g/mol. The maximum Gasteiger partial charge on any atom is 0.320 e. The van der Waals surface area contributed by atoms with Crippen molar-refractivity contribution in [3.8, 4) is 17.6 Å². The Morgan fingerprint density at radius 3 is 1.62 bits per heavy atom. The van der Waals surface area contributed by atoms with Gasteiger partial charge in [0.25, 0.3) is 5.88 Å². The Labute approximate surface area is 128 Å². The summed E-state index contributed by atoms with van der Waals surface area (Å²) in [6.07, 6.45) is 1.60. The van der Waals surface area contributed by atoms with Crippen molar-refractivity contribution in [2.75, 3.05) is 0 Å². The molecule has 0 unspecified atom stereocenters. The van der Waals surface area contributed by atoms with E-state index in [9.17, 15) is 0 Å². The Morgan fingerprint density at radius 2 is 1.19 bits per heavy atom. The van der Waals surface area contributed by atoms with Crippen molar-refractivity contribution in [2.24, 2.45) is 0 Å². The normalized spacial score (nSPS) is 13.0. The van der Waals surface area contributed by atoms with Crippen molar-refractivity contribution in [3.63, 3.8) is 0 Å². The van der Waals surface area contributed by atoms with Crippen LogP contribution in [0.4, 0.5) is 0 Å². The second-order valence-corrected chi connectivity index (χ2v) is 7.97. The number of nitrogens with zero attached hydrogens (tertiary/aromatic N) is 2. The van der Waals surface area contributed by atoms with Gasteiger partial charge in [0.05, 0.1) is 6.20 Å². The van der Waals surface area contributed by atoms with Crippen molar-refractivity contribution in [3.05, 3.63) is 6.20 Å². The van der Waals surface area contributed by atoms with Crippen molar-refractivity contribution >= 4 is 0 Å². The van der Waals surface area contributed by atoms with Crippen LogP contribution in [0, 0.1) is 0 Å². The van der Waals surface area contributed by atoms with E-state index in [2.05, 4.69) is 9.97 Å². The van der Waals surface area contributed by atoms with E-state index in [4.69, 9.17) is 14.2 Å². The molecule has 0 atom stereocenters. The first-order valence-corrected chi connectivity index (χ1v) is 7.19. The van der Waals surface area contributed by atoms with Crippen molar-refractivity contribution in [1.82, 2.24) is 9.97 Å². The highest BCUT2D eigenvalue weighted by Crippen LogP contribution is 2.32. The minimum Gasteiger partial charge on any atom is -0.481 e. The lowest BCUT2D eigenvalue weighted by Crippen LogP contribution is -2.28. The second-order valence-electron chi connectivity index (χ2n) is 7.97. The molecule has 1 heterocycles. The molecule has 0 aromatic carbocycles. The van der Waals surface area contributed by atoms with Crippen LogP contribution in [0.1, 0.15) is 62.3 Å². The number of rotatable bonds is 3. The third-order valence-electron chi connectivity index (χ3n) is 1.92. The zero-order chi connectivity index (χ0) is 16.5. The molecule has 1 aromatic rings. The molecule has 120 valence electrons. The van der Waals surface area contributed by atoms with E-state index in [1.165, 1.54) is 0 Å². The van der Waals surface area contributed by atoms with Gasteiger partial charge in [-0.15, -0.1) is 0 Å². The number of aromatic nitrogens is 2. The minimum absolute atomic E-state index is 0.281. The van der Waals surface area contributed by atoms with Gasteiger partial charge >= 0.3 is 6.01 Å². The molecule has 0 aliphatic heterocycles. The van der Waals surface area contributed by atoms with Gasteiger partial charge in [-0.05, 0) is 62.3 Å². The molecule has 0 aliphatic carbocycles. The van der Waals surface area contributed by atoms with Gasteiger partial charge in [-0.3, -0.25) is 0 Å². The van der Waals surface area contributed by atoms with E-state index in [1.807, 2.05) is 62.3 Å². The maximum absolute atomic E-state index is 5.88. The molecule has 0 fully saturated rings. The summed E-state index contributed by atoms with van der Waals surface area (Å²) < 4.78 is 17.4. The summed E-state index contributed by atoms with van der Waals surface area (Å²) in [5, 5.41) is 0. The van der Waals surface area contributed by atoms with Gasteiger partial charge < -0.3 is 14.2 Å². The lowest BCUT2D eigenvalue weighted by atomic mass is 10.2. The predicted octanol–water partition coefficient (Wildman–Crippen LogP) is 4.01. The molecule has 0 saturated carbocycles. The van der Waals surface area contributed by atoms with Crippen LogP contribution in [0.2, 0.25) is 0 Å². The van der Waals surface area contributed by atoms with Gasteiger partial charge in [-0.25, -0.2) is 0 Å². The van der Waals surface area contributed by atoms with Crippen LogP contribution in [0.5, 0.6) is 17.6 Å². The fourth-order valence-corrected chi connectivity index (χ4v) is 1.43. The van der Waals surface area contributed by atoms with Gasteiger partial charge in [-0.2, -0.15) is 9.97 Å². The van der Waals surface area contributed by atoms with Gasteiger partial charge in [0.15, 0.2) is 0 Å². The van der Waals surface area contributed by atoms with Crippen LogP contribution < -0.4 is 14.2 Å². The Morgan fingerprint density at radius 1 is 0.714 bits per heavy atom. The standard InChI is InChI=1S/C16H28N2O3/c1-14(2,3)19-11-10-17-13(21-16(7,8)9)18-12(11)20-15(4,5)6/h10H,1-9H3. The third-order valence-corrected chi connectivity index (χ3v) is 1.92. The molecule has 0 aliphatic rings. The molecule has 5 heteroatoms. The summed E-state index contributed by atoms with van der Waals surface area (Å²) in [5.41, 5.74) is -1.11.